The van der Waals surface area contributed by atoms with Gasteiger partial charge in [0.05, 0.1) is 0 Å². The van der Waals surface area contributed by atoms with E-state index in [1.807, 2.05) is 6.92 Å². The molecule has 0 atom stereocenters. The quantitative estimate of drug-likeness (QED) is 0.442. The van der Waals surface area contributed by atoms with E-state index in [0.29, 0.717) is 0 Å². The number of hydrogen-bond donors (Lipinski definition) is 0. The fourth-order valence-electron chi connectivity index (χ4n) is 0. The van der Waals surface area contributed by atoms with E-state index in [2.05, 4.69) is 6.58 Å². The molecule has 1 heteroatoms. The Morgan fingerprint density at radius 3 is 1.75 bits per heavy atom. The molecule has 0 aliphatic heterocycles. The van der Waals surface area contributed by atoms with Gasteiger partial charge < -0.3 is 0 Å². The predicted octanol–water partition coefficient (Wildman–Crippen LogP) is 1.19. The van der Waals surface area contributed by atoms with Gasteiger partial charge in [-0.3, -0.25) is 0 Å². The van der Waals surface area contributed by atoms with E-state index in [1.54, 1.807) is 6.08 Å². The molecule has 0 amide bonds. The van der Waals surface area contributed by atoms with E-state index < -0.39 is 0 Å². The van der Waals surface area contributed by atoms with E-state index in [9.17, 15) is 0 Å². The van der Waals surface area contributed by atoms with Crippen molar-refractivity contribution >= 4 is 0 Å². The van der Waals surface area contributed by atoms with Gasteiger partial charge in [-0.1, -0.05) is 6.08 Å². The second-order valence-corrected chi connectivity index (χ2v) is 0.408. The Kier molecular flexibility index (Phi) is 20.7. The summed E-state index contributed by atoms with van der Waals surface area (Å²) in [6, 6.07) is 0. The summed E-state index contributed by atoms with van der Waals surface area (Å²) in [5.74, 6) is 0. The minimum Gasteiger partial charge on any atom is -0.103 e. The predicted molar refractivity (Wildman–Crippen MR) is 15.9 cm³/mol. The summed E-state index contributed by atoms with van der Waals surface area (Å²) in [6.07, 6.45) is 1.75. The molecular weight excluding hydrogens is 237 g/mol. The van der Waals surface area contributed by atoms with Crippen molar-refractivity contribution < 1.29 is 27.7 Å². The van der Waals surface area contributed by atoms with Crippen molar-refractivity contribution in [3.8, 4) is 0 Å². The van der Waals surface area contributed by atoms with Crippen LogP contribution in [0, 0.1) is 0 Å². The van der Waals surface area contributed by atoms with Crippen LogP contribution in [0.25, 0.3) is 0 Å². The van der Waals surface area contributed by atoms with Gasteiger partial charge in [0.25, 0.3) is 0 Å². The summed E-state index contributed by atoms with van der Waals surface area (Å²) >= 11 is 0. The molecule has 0 N–H and O–H groups in total. The molecule has 0 spiro atoms. The largest absolute Gasteiger partial charge is 0.103 e. The van der Waals surface area contributed by atoms with Crippen LogP contribution >= 0.6 is 0 Å². The van der Waals surface area contributed by atoms with Gasteiger partial charge in [-0.15, -0.1) is 6.58 Å². The third kappa shape index (κ3) is 16.5. The molecule has 0 radical (unpaired) electrons. The van der Waals surface area contributed by atoms with Gasteiger partial charge in [0.1, 0.15) is 0 Å². The standard InChI is InChI=1S/C3H6.Hg/c1-3-2;/h3H,1H2,2H3;. The fraction of sp³-hybridized carbons (Fsp3) is 0.333. The van der Waals surface area contributed by atoms with E-state index in [4.69, 9.17) is 0 Å². The first-order valence-electron chi connectivity index (χ1n) is 0.986. The molecule has 0 nitrogen and oxygen atoms in total. The molecule has 4 heavy (non-hydrogen) atoms. The molecule has 0 bridgehead atoms. The second-order valence-electron chi connectivity index (χ2n) is 0.408. The first-order valence-corrected chi connectivity index (χ1v) is 0.986. The van der Waals surface area contributed by atoms with E-state index in [0.717, 1.165) is 0 Å². The summed E-state index contributed by atoms with van der Waals surface area (Å²) in [4.78, 5) is 0. The average Bonchev–Trinajstić information content (AvgIpc) is 0.918. The maximum atomic E-state index is 3.36. The fourth-order valence-corrected chi connectivity index (χ4v) is 0. The molecule has 0 saturated heterocycles. The summed E-state index contributed by atoms with van der Waals surface area (Å²) in [7, 11) is 0. The van der Waals surface area contributed by atoms with Crippen LogP contribution in [0.5, 0.6) is 0 Å². The Hall–Kier alpha value is 0.675. The van der Waals surface area contributed by atoms with Crippen molar-refractivity contribution in [3.05, 3.63) is 12.7 Å². The number of rotatable bonds is 0. The minimum absolute atomic E-state index is 0. The Bertz CT molecular complexity index is 10.8. The van der Waals surface area contributed by atoms with Crippen molar-refractivity contribution in [1.29, 1.82) is 0 Å². The van der Waals surface area contributed by atoms with E-state index >= 15 is 0 Å². The van der Waals surface area contributed by atoms with Crippen molar-refractivity contribution in [2.45, 2.75) is 6.92 Å². The molecule has 0 fully saturated rings. The Morgan fingerprint density at radius 2 is 1.75 bits per heavy atom. The molecule has 0 aromatic carbocycles. The third-order valence-electron chi connectivity index (χ3n) is 0. The third-order valence-corrected chi connectivity index (χ3v) is 0. The van der Waals surface area contributed by atoms with Gasteiger partial charge in [-0.25, -0.2) is 0 Å². The first-order chi connectivity index (χ1) is 1.41. The van der Waals surface area contributed by atoms with Crippen molar-refractivity contribution in [3.63, 3.8) is 0 Å². The van der Waals surface area contributed by atoms with Crippen molar-refractivity contribution in [2.24, 2.45) is 0 Å². The van der Waals surface area contributed by atoms with Crippen LogP contribution in [0.1, 0.15) is 6.92 Å². The maximum absolute atomic E-state index is 3.36. The monoisotopic (exact) mass is 244 g/mol. The zero-order valence-corrected chi connectivity index (χ0v) is 8.49. The van der Waals surface area contributed by atoms with E-state index in [-0.39, 0.29) is 27.7 Å². The van der Waals surface area contributed by atoms with Crippen LogP contribution in [0.3, 0.4) is 0 Å². The Labute approximate surface area is 47.4 Å². The molecule has 0 rings (SSSR count). The molecule has 0 aliphatic rings. The molecule has 0 aromatic rings. The topological polar surface area (TPSA) is 0 Å². The number of allylic oxidation sites excluding steroid dienone is 1. The van der Waals surface area contributed by atoms with Crippen LogP contribution in [0.2, 0.25) is 0 Å². The molecule has 0 aromatic heterocycles. The summed E-state index contributed by atoms with van der Waals surface area (Å²) < 4.78 is 0. The minimum atomic E-state index is 0. The Morgan fingerprint density at radius 1 is 1.75 bits per heavy atom. The Balaban J connectivity index is 0. The van der Waals surface area contributed by atoms with Crippen LogP contribution in [0.4, 0.5) is 0 Å². The maximum Gasteiger partial charge on any atom is 0 e. The molecule has 0 unspecified atom stereocenters. The van der Waals surface area contributed by atoms with Gasteiger partial charge in [0.15, 0.2) is 0 Å². The average molecular weight is 243 g/mol. The zero-order chi connectivity index (χ0) is 2.71. The van der Waals surface area contributed by atoms with Gasteiger partial charge in [-0.05, 0) is 6.92 Å². The zero-order valence-electron chi connectivity index (χ0n) is 2.99. The van der Waals surface area contributed by atoms with E-state index in [1.165, 1.54) is 0 Å². The van der Waals surface area contributed by atoms with Gasteiger partial charge in [0.2, 0.25) is 0 Å². The SMILES string of the molecule is C=CC.[Hg]. The smallest absolute Gasteiger partial charge is 0 e. The van der Waals surface area contributed by atoms with Gasteiger partial charge >= 0.3 is 0 Å². The second kappa shape index (κ2) is 9.37. The summed E-state index contributed by atoms with van der Waals surface area (Å²) in [5.41, 5.74) is 0. The van der Waals surface area contributed by atoms with Crippen LogP contribution in [-0.2, 0) is 27.7 Å². The van der Waals surface area contributed by atoms with Crippen molar-refractivity contribution in [1.82, 2.24) is 0 Å². The van der Waals surface area contributed by atoms with Gasteiger partial charge in [-0.2, -0.15) is 0 Å². The summed E-state index contributed by atoms with van der Waals surface area (Å²) in [5, 5.41) is 0. The van der Waals surface area contributed by atoms with Gasteiger partial charge in [0, 0.05) is 27.7 Å². The normalized spacial score (nSPS) is 3.25. The molecular formula is C3H6Hg. The summed E-state index contributed by atoms with van der Waals surface area (Å²) in [6.45, 7) is 5.25. The molecule has 0 heterocycles. The van der Waals surface area contributed by atoms with Crippen molar-refractivity contribution in [2.75, 3.05) is 0 Å². The first kappa shape index (κ1) is 8.82. The van der Waals surface area contributed by atoms with Crippen LogP contribution in [-0.4, -0.2) is 0 Å². The molecule has 0 saturated carbocycles. The van der Waals surface area contributed by atoms with Crippen LogP contribution < -0.4 is 0 Å². The number of hydrogen-bond acceptors (Lipinski definition) is 0. The van der Waals surface area contributed by atoms with Crippen LogP contribution in [0.15, 0.2) is 12.7 Å². The molecule has 20 valence electrons. The molecule has 0 aliphatic carbocycles.